The largest absolute Gasteiger partial charge is 0.494 e. The predicted molar refractivity (Wildman–Crippen MR) is 209 cm³/mol. The van der Waals surface area contributed by atoms with Gasteiger partial charge in [-0.1, -0.05) is 30.7 Å². The molecule has 0 unspecified atom stereocenters. The fourth-order valence-electron chi connectivity index (χ4n) is 7.68. The van der Waals surface area contributed by atoms with Gasteiger partial charge >= 0.3 is 6.18 Å². The number of methoxy groups -OCH3 is 1. The highest BCUT2D eigenvalue weighted by molar-refractivity contribution is 6.49. The number of carbonyl (C=O) groups is 4. The minimum absolute atomic E-state index is 0.0365. The molecule has 7 rings (SSSR count). The molecule has 0 bridgehead atoms. The number of ketones is 1. The first-order valence-corrected chi connectivity index (χ1v) is 19.3. The average molecular weight is 797 g/mol. The number of anilines is 1. The first-order valence-electron chi connectivity index (χ1n) is 19.3. The van der Waals surface area contributed by atoms with Crippen LogP contribution in [-0.4, -0.2) is 70.4 Å². The van der Waals surface area contributed by atoms with Crippen molar-refractivity contribution >= 4 is 40.1 Å². The van der Waals surface area contributed by atoms with Gasteiger partial charge in [0.1, 0.15) is 28.6 Å². The quantitative estimate of drug-likeness (QED) is 0.0648. The number of aryl methyl sites for hydroxylation is 1. The zero-order valence-electron chi connectivity index (χ0n) is 32.1. The molecule has 2 aliphatic rings. The van der Waals surface area contributed by atoms with Gasteiger partial charge in [0.05, 0.1) is 29.9 Å². The predicted octanol–water partition coefficient (Wildman–Crippen LogP) is 8.03. The highest BCUT2D eigenvalue weighted by atomic mass is 19.4. The second-order valence-corrected chi connectivity index (χ2v) is 14.9. The van der Waals surface area contributed by atoms with Gasteiger partial charge in [-0.3, -0.25) is 29.2 Å². The minimum Gasteiger partial charge on any atom is -0.494 e. The number of imide groups is 1. The van der Waals surface area contributed by atoms with E-state index in [0.29, 0.717) is 28.6 Å². The summed E-state index contributed by atoms with van der Waals surface area (Å²) < 4.78 is 52.8. The lowest BCUT2D eigenvalue weighted by molar-refractivity contribution is -0.141. The molecule has 2 aromatic heterocycles. The number of hydrogen-bond acceptors (Lipinski definition) is 9. The smallest absolute Gasteiger partial charge is 0.433 e. The average Bonchev–Trinajstić information content (AvgIpc) is 3.63. The number of halogens is 3. The zero-order valence-corrected chi connectivity index (χ0v) is 32.1. The fraction of sp³-hybridized carbons (Fsp3) is 0.349. The van der Waals surface area contributed by atoms with Crippen LogP contribution in [0.2, 0.25) is 0 Å². The Balaban J connectivity index is 0.833. The number of rotatable bonds is 14. The molecule has 2 N–H and O–H groups in total. The van der Waals surface area contributed by atoms with Crippen molar-refractivity contribution in [1.82, 2.24) is 25.0 Å². The standard InChI is InChI=1S/C43H43F3N6O6/c1-51(21-5-3-4-8-26-15-19-30(20-16-26)58-35-11-6-9-31-38(35)41(55)49-42(56)39(31)53)24-27-13-17-29(18-14-27)52-25-28-22-34(36(57-2)23-33(28)50-52)48-40(54)32-10-7-12-37(47-32)43(44,45)46/h6-7,9-12,15-16,19-20,22-23,25,27,29H,3-5,8,13-14,17-18,21,24H2,1-2H3,(H,48,54)(H,49,55,56). The third-order valence-corrected chi connectivity index (χ3v) is 10.7. The van der Waals surface area contributed by atoms with Crippen LogP contribution >= 0.6 is 0 Å². The second kappa shape index (κ2) is 17.2. The maximum Gasteiger partial charge on any atom is 0.433 e. The number of nitrogens with one attached hydrogen (secondary N) is 2. The van der Waals surface area contributed by atoms with Gasteiger partial charge in [-0.15, -0.1) is 0 Å². The first kappa shape index (κ1) is 40.1. The Labute approximate surface area is 332 Å². The normalized spacial score (nSPS) is 17.0. The van der Waals surface area contributed by atoms with E-state index >= 15 is 0 Å². The molecule has 1 aliphatic heterocycles. The molecule has 5 aromatic rings. The maximum atomic E-state index is 13.1. The van der Waals surface area contributed by atoms with Crippen molar-refractivity contribution in [2.24, 2.45) is 5.92 Å². The summed E-state index contributed by atoms with van der Waals surface area (Å²) in [5.41, 5.74) is 0.780. The summed E-state index contributed by atoms with van der Waals surface area (Å²) in [5, 5.41) is 10.3. The minimum atomic E-state index is -4.67. The van der Waals surface area contributed by atoms with Crippen molar-refractivity contribution < 1.29 is 41.8 Å². The van der Waals surface area contributed by atoms with E-state index in [2.05, 4.69) is 27.6 Å². The van der Waals surface area contributed by atoms with Crippen molar-refractivity contribution in [2.75, 3.05) is 32.6 Å². The van der Waals surface area contributed by atoms with Crippen LogP contribution in [0.25, 0.3) is 10.9 Å². The molecule has 15 heteroatoms. The van der Waals surface area contributed by atoms with E-state index < -0.39 is 35.4 Å². The van der Waals surface area contributed by atoms with E-state index in [4.69, 9.17) is 14.6 Å². The van der Waals surface area contributed by atoms with Crippen molar-refractivity contribution in [2.45, 2.75) is 63.6 Å². The summed E-state index contributed by atoms with van der Waals surface area (Å²) in [7, 11) is 3.63. The Morgan fingerprint density at radius 2 is 1.69 bits per heavy atom. The second-order valence-electron chi connectivity index (χ2n) is 14.9. The van der Waals surface area contributed by atoms with Gasteiger partial charge in [-0.05, 0) is 112 Å². The number of hydrogen-bond donors (Lipinski definition) is 2. The van der Waals surface area contributed by atoms with E-state index in [1.807, 2.05) is 35.1 Å². The van der Waals surface area contributed by atoms with Gasteiger partial charge in [0, 0.05) is 29.8 Å². The molecule has 0 spiro atoms. The third kappa shape index (κ3) is 9.20. The highest BCUT2D eigenvalue weighted by Gasteiger charge is 2.34. The molecule has 12 nitrogen and oxygen atoms in total. The number of amides is 3. The van der Waals surface area contributed by atoms with Crippen LogP contribution in [0, 0.1) is 5.92 Å². The van der Waals surface area contributed by atoms with Crippen molar-refractivity contribution in [3.63, 3.8) is 0 Å². The molecule has 0 saturated heterocycles. The summed E-state index contributed by atoms with van der Waals surface area (Å²) in [6.07, 6.45) is 5.58. The molecule has 3 aromatic carbocycles. The molecule has 302 valence electrons. The number of pyridine rings is 1. The number of alkyl halides is 3. The number of fused-ring (bicyclic) bond motifs is 2. The molecule has 3 amide bonds. The summed E-state index contributed by atoms with van der Waals surface area (Å²) in [6.45, 7) is 2.05. The molecule has 1 aliphatic carbocycles. The SMILES string of the molecule is COc1cc2nn(C3CCC(CN(C)CCCCCc4ccc(Oc5cccc6c5C(=O)NC(=O)C6=O)cc4)CC3)cc2cc1NC(=O)c1cccc(C(F)(F)F)n1. The summed E-state index contributed by atoms with van der Waals surface area (Å²) >= 11 is 0. The lowest BCUT2D eigenvalue weighted by Gasteiger charge is -2.31. The number of unbranched alkanes of at least 4 members (excludes halogenated alkanes) is 2. The number of Topliss-reactive ketones (excluding diaryl/α,β-unsaturated/α-hetero) is 1. The lowest BCUT2D eigenvalue weighted by atomic mass is 9.86. The number of ether oxygens (including phenoxy) is 2. The Hall–Kier alpha value is -6.09. The van der Waals surface area contributed by atoms with Crippen LogP contribution < -0.4 is 20.1 Å². The molecular weight excluding hydrogens is 754 g/mol. The Bertz CT molecular complexity index is 2340. The Morgan fingerprint density at radius 1 is 0.931 bits per heavy atom. The molecule has 0 atom stereocenters. The number of nitrogens with zero attached hydrogens (tertiary/aromatic N) is 4. The van der Waals surface area contributed by atoms with Crippen LogP contribution in [0.5, 0.6) is 17.2 Å². The van der Waals surface area contributed by atoms with Gasteiger partial charge in [0.15, 0.2) is 0 Å². The monoisotopic (exact) mass is 796 g/mol. The van der Waals surface area contributed by atoms with Crippen molar-refractivity contribution in [1.29, 1.82) is 0 Å². The van der Waals surface area contributed by atoms with Gasteiger partial charge in [0.25, 0.3) is 23.5 Å². The van der Waals surface area contributed by atoms with Crippen LogP contribution in [0.4, 0.5) is 18.9 Å². The maximum absolute atomic E-state index is 13.1. The molecular formula is C43H43F3N6O6. The van der Waals surface area contributed by atoms with Gasteiger partial charge in [-0.25, -0.2) is 4.98 Å². The molecule has 1 fully saturated rings. The van der Waals surface area contributed by atoms with Crippen LogP contribution in [-0.2, 0) is 17.4 Å². The van der Waals surface area contributed by atoms with Gasteiger partial charge < -0.3 is 19.7 Å². The van der Waals surface area contributed by atoms with Crippen LogP contribution in [0.3, 0.4) is 0 Å². The van der Waals surface area contributed by atoms with E-state index in [9.17, 15) is 32.3 Å². The summed E-state index contributed by atoms with van der Waals surface area (Å²) in [6, 6.07) is 19.1. The van der Waals surface area contributed by atoms with E-state index in [0.717, 1.165) is 82.0 Å². The molecule has 0 radical (unpaired) electrons. The number of aromatic nitrogens is 3. The van der Waals surface area contributed by atoms with Crippen LogP contribution in [0.15, 0.2) is 79.0 Å². The molecule has 1 saturated carbocycles. The number of carbonyl (C=O) groups excluding carboxylic acids is 4. The summed E-state index contributed by atoms with van der Waals surface area (Å²) in [5.74, 6) is -1.46. The third-order valence-electron chi connectivity index (χ3n) is 10.7. The molecule has 58 heavy (non-hydrogen) atoms. The highest BCUT2D eigenvalue weighted by Crippen LogP contribution is 2.36. The van der Waals surface area contributed by atoms with Crippen molar-refractivity contribution in [3.05, 3.63) is 107 Å². The topological polar surface area (TPSA) is 145 Å². The fourth-order valence-corrected chi connectivity index (χ4v) is 7.68. The molecule has 3 heterocycles. The van der Waals surface area contributed by atoms with Gasteiger partial charge in [-0.2, -0.15) is 18.3 Å². The number of benzene rings is 3. The van der Waals surface area contributed by atoms with Crippen molar-refractivity contribution in [3.8, 4) is 17.2 Å². The summed E-state index contributed by atoms with van der Waals surface area (Å²) in [4.78, 5) is 55.1. The van der Waals surface area contributed by atoms with E-state index in [1.165, 1.54) is 24.8 Å². The van der Waals surface area contributed by atoms with Gasteiger partial charge in [0.2, 0.25) is 0 Å². The lowest BCUT2D eigenvalue weighted by Crippen LogP contribution is -2.42. The Kier molecular flexibility index (Phi) is 11.9. The Morgan fingerprint density at radius 3 is 2.43 bits per heavy atom. The first-order chi connectivity index (χ1) is 27.9. The van der Waals surface area contributed by atoms with E-state index in [-0.39, 0.29) is 28.6 Å². The zero-order chi connectivity index (χ0) is 41.0. The van der Waals surface area contributed by atoms with E-state index in [1.54, 1.807) is 24.3 Å². The van der Waals surface area contributed by atoms with Crippen LogP contribution in [0.1, 0.15) is 93.4 Å².